The first kappa shape index (κ1) is 26.4. The fraction of sp³-hybridized carbons (Fsp3) is 0.269. The Balaban J connectivity index is 1.85. The maximum absolute atomic E-state index is 13.4. The number of hydrogen-bond acceptors (Lipinski definition) is 3. The number of sulfonamides is 1. The van der Waals surface area contributed by atoms with Crippen LogP contribution in [0.1, 0.15) is 40.8 Å². The zero-order chi connectivity index (χ0) is 25.0. The van der Waals surface area contributed by atoms with E-state index in [0.29, 0.717) is 5.02 Å². The third kappa shape index (κ3) is 6.48. The normalized spacial score (nSPS) is 12.6. The van der Waals surface area contributed by atoms with Crippen LogP contribution in [0, 0.1) is 20.8 Å². The SMILES string of the molecule is Cc1cc(C)c([C@@H](C)NC(=O)CN(Cc2ccc(Br)cc2)S(=O)(=O)c2ccc(Cl)cc2)cc1C. The van der Waals surface area contributed by atoms with Crippen molar-refractivity contribution in [2.24, 2.45) is 0 Å². The molecule has 0 heterocycles. The minimum Gasteiger partial charge on any atom is -0.348 e. The van der Waals surface area contributed by atoms with Gasteiger partial charge in [0.2, 0.25) is 15.9 Å². The van der Waals surface area contributed by atoms with Crippen molar-refractivity contribution in [2.75, 3.05) is 6.54 Å². The topological polar surface area (TPSA) is 66.5 Å². The molecule has 1 amide bonds. The number of aryl methyl sites for hydroxylation is 3. The van der Waals surface area contributed by atoms with E-state index in [1.54, 1.807) is 0 Å². The number of halogens is 2. The summed E-state index contributed by atoms with van der Waals surface area (Å²) in [5, 5.41) is 3.41. The Morgan fingerprint density at radius 3 is 2.18 bits per heavy atom. The van der Waals surface area contributed by atoms with E-state index in [9.17, 15) is 13.2 Å². The highest BCUT2D eigenvalue weighted by Crippen LogP contribution is 2.23. The second-order valence-corrected chi connectivity index (χ2v) is 11.7. The van der Waals surface area contributed by atoms with Crippen LogP contribution in [-0.2, 0) is 21.4 Å². The lowest BCUT2D eigenvalue weighted by molar-refractivity contribution is -0.122. The summed E-state index contributed by atoms with van der Waals surface area (Å²) in [5.41, 5.74) is 5.19. The van der Waals surface area contributed by atoms with Crippen LogP contribution in [-0.4, -0.2) is 25.2 Å². The van der Waals surface area contributed by atoms with Gasteiger partial charge in [-0.3, -0.25) is 4.79 Å². The monoisotopic (exact) mass is 562 g/mol. The lowest BCUT2D eigenvalue weighted by Crippen LogP contribution is -2.41. The maximum Gasteiger partial charge on any atom is 0.243 e. The fourth-order valence-electron chi connectivity index (χ4n) is 3.75. The van der Waals surface area contributed by atoms with Crippen molar-refractivity contribution < 1.29 is 13.2 Å². The van der Waals surface area contributed by atoms with E-state index in [1.165, 1.54) is 34.1 Å². The largest absolute Gasteiger partial charge is 0.348 e. The van der Waals surface area contributed by atoms with Crippen LogP contribution in [0.5, 0.6) is 0 Å². The number of rotatable bonds is 8. The molecule has 0 fully saturated rings. The first-order valence-corrected chi connectivity index (χ1v) is 13.5. The quantitative estimate of drug-likeness (QED) is 0.360. The summed E-state index contributed by atoms with van der Waals surface area (Å²) in [6, 6.07) is 17.2. The molecule has 1 atom stereocenters. The fourth-order valence-corrected chi connectivity index (χ4v) is 5.52. The molecule has 0 saturated heterocycles. The Morgan fingerprint density at radius 2 is 1.56 bits per heavy atom. The molecule has 0 saturated carbocycles. The molecular weight excluding hydrogens is 536 g/mol. The van der Waals surface area contributed by atoms with Crippen molar-refractivity contribution in [1.29, 1.82) is 0 Å². The molecule has 5 nitrogen and oxygen atoms in total. The summed E-state index contributed by atoms with van der Waals surface area (Å²) < 4.78 is 28.9. The lowest BCUT2D eigenvalue weighted by Gasteiger charge is -2.24. The summed E-state index contributed by atoms with van der Waals surface area (Å²) in [7, 11) is -3.94. The van der Waals surface area contributed by atoms with Crippen molar-refractivity contribution in [2.45, 2.75) is 45.2 Å². The van der Waals surface area contributed by atoms with Gasteiger partial charge in [0.05, 0.1) is 17.5 Å². The molecule has 3 rings (SSSR count). The van der Waals surface area contributed by atoms with Gasteiger partial charge in [0.15, 0.2) is 0 Å². The van der Waals surface area contributed by atoms with Crippen LogP contribution in [0.25, 0.3) is 0 Å². The Bertz CT molecular complexity index is 1280. The van der Waals surface area contributed by atoms with Crippen LogP contribution in [0.3, 0.4) is 0 Å². The maximum atomic E-state index is 13.4. The molecule has 0 aliphatic rings. The molecule has 8 heteroatoms. The molecule has 3 aromatic rings. The molecule has 3 aromatic carbocycles. The molecule has 0 aromatic heterocycles. The van der Waals surface area contributed by atoms with Gasteiger partial charge in [0.1, 0.15) is 0 Å². The first-order chi connectivity index (χ1) is 16.0. The summed E-state index contributed by atoms with van der Waals surface area (Å²) in [5.74, 6) is -0.375. The summed E-state index contributed by atoms with van der Waals surface area (Å²) >= 11 is 9.33. The Hall–Kier alpha value is -2.19. The van der Waals surface area contributed by atoms with Gasteiger partial charge in [-0.25, -0.2) is 8.42 Å². The molecule has 0 aliphatic carbocycles. The molecule has 1 N–H and O–H groups in total. The van der Waals surface area contributed by atoms with Gasteiger partial charge < -0.3 is 5.32 Å². The highest BCUT2D eigenvalue weighted by molar-refractivity contribution is 9.10. The number of carbonyl (C=O) groups is 1. The summed E-state index contributed by atoms with van der Waals surface area (Å²) in [6.45, 7) is 7.75. The van der Waals surface area contributed by atoms with Crippen molar-refractivity contribution in [3.05, 3.63) is 98.0 Å². The average Bonchev–Trinajstić information content (AvgIpc) is 2.77. The predicted molar refractivity (Wildman–Crippen MR) is 140 cm³/mol. The minimum atomic E-state index is -3.94. The van der Waals surface area contributed by atoms with Gasteiger partial charge >= 0.3 is 0 Å². The number of carbonyl (C=O) groups excluding carboxylic acids is 1. The van der Waals surface area contributed by atoms with E-state index in [2.05, 4.69) is 40.3 Å². The molecule has 0 bridgehead atoms. The zero-order valence-electron chi connectivity index (χ0n) is 19.6. The number of nitrogens with one attached hydrogen (secondary N) is 1. The Labute approximate surface area is 215 Å². The number of benzene rings is 3. The molecule has 0 unspecified atom stereocenters. The van der Waals surface area contributed by atoms with Crippen LogP contribution in [0.15, 0.2) is 70.0 Å². The van der Waals surface area contributed by atoms with Crippen molar-refractivity contribution in [3.63, 3.8) is 0 Å². The van der Waals surface area contributed by atoms with E-state index in [-0.39, 0.29) is 29.9 Å². The van der Waals surface area contributed by atoms with Gasteiger partial charge in [-0.05, 0) is 91.9 Å². The van der Waals surface area contributed by atoms with Crippen LogP contribution in [0.4, 0.5) is 0 Å². The standard InChI is InChI=1S/C26H28BrClN2O3S/c1-17-13-19(3)25(14-18(17)2)20(4)29-26(31)16-30(15-21-5-7-22(27)8-6-21)34(32,33)24-11-9-23(28)10-12-24/h5-14,20H,15-16H2,1-4H3,(H,29,31)/t20-/m1/s1. The van der Waals surface area contributed by atoms with Gasteiger partial charge in [-0.15, -0.1) is 0 Å². The number of hydrogen-bond donors (Lipinski definition) is 1. The van der Waals surface area contributed by atoms with E-state index < -0.39 is 10.0 Å². The molecular formula is C26H28BrClN2O3S. The van der Waals surface area contributed by atoms with E-state index in [0.717, 1.165) is 26.7 Å². The van der Waals surface area contributed by atoms with Crippen LogP contribution >= 0.6 is 27.5 Å². The number of amides is 1. The summed E-state index contributed by atoms with van der Waals surface area (Å²) in [6.07, 6.45) is 0. The predicted octanol–water partition coefficient (Wildman–Crippen LogP) is 6.10. The van der Waals surface area contributed by atoms with Gasteiger partial charge in [0.25, 0.3) is 0 Å². The molecule has 34 heavy (non-hydrogen) atoms. The second-order valence-electron chi connectivity index (χ2n) is 8.44. The van der Waals surface area contributed by atoms with Crippen molar-refractivity contribution in [3.8, 4) is 0 Å². The third-order valence-corrected chi connectivity index (χ3v) is 8.36. The van der Waals surface area contributed by atoms with E-state index >= 15 is 0 Å². The van der Waals surface area contributed by atoms with Gasteiger partial charge in [-0.2, -0.15) is 4.31 Å². The molecule has 0 spiro atoms. The minimum absolute atomic E-state index is 0.0582. The van der Waals surface area contributed by atoms with Crippen LogP contribution in [0.2, 0.25) is 5.02 Å². The van der Waals surface area contributed by atoms with Crippen LogP contribution < -0.4 is 5.32 Å². The smallest absolute Gasteiger partial charge is 0.243 e. The average molecular weight is 564 g/mol. The summed E-state index contributed by atoms with van der Waals surface area (Å²) in [4.78, 5) is 13.1. The Kier molecular flexibility index (Phi) is 8.57. The zero-order valence-corrected chi connectivity index (χ0v) is 22.8. The van der Waals surface area contributed by atoms with Crippen molar-refractivity contribution in [1.82, 2.24) is 9.62 Å². The highest BCUT2D eigenvalue weighted by atomic mass is 79.9. The first-order valence-electron chi connectivity index (χ1n) is 10.8. The molecule has 180 valence electrons. The Morgan fingerprint density at radius 1 is 0.971 bits per heavy atom. The third-order valence-electron chi connectivity index (χ3n) is 5.77. The van der Waals surface area contributed by atoms with Gasteiger partial charge in [-0.1, -0.05) is 51.8 Å². The second kappa shape index (κ2) is 11.0. The highest BCUT2D eigenvalue weighted by Gasteiger charge is 2.27. The molecule has 0 radical (unpaired) electrons. The number of nitrogens with zero attached hydrogens (tertiary/aromatic N) is 1. The van der Waals surface area contributed by atoms with Gasteiger partial charge in [0, 0.05) is 16.0 Å². The lowest BCUT2D eigenvalue weighted by atomic mass is 9.96. The van der Waals surface area contributed by atoms with E-state index in [1.807, 2.05) is 45.0 Å². The van der Waals surface area contributed by atoms with E-state index in [4.69, 9.17) is 11.6 Å². The van der Waals surface area contributed by atoms with Crippen molar-refractivity contribution >= 4 is 43.5 Å². The molecule has 0 aliphatic heterocycles.